The lowest BCUT2D eigenvalue weighted by molar-refractivity contribution is 0.240. The van der Waals surface area contributed by atoms with Gasteiger partial charge in [0.25, 0.3) is 0 Å². The molecule has 0 saturated heterocycles. The van der Waals surface area contributed by atoms with Gasteiger partial charge < -0.3 is 0 Å². The van der Waals surface area contributed by atoms with Crippen molar-refractivity contribution in [3.63, 3.8) is 0 Å². The zero-order chi connectivity index (χ0) is 29.1. The third-order valence-corrected chi connectivity index (χ3v) is 6.97. The van der Waals surface area contributed by atoms with Gasteiger partial charge >= 0.3 is 0 Å². The maximum absolute atomic E-state index is 4.74. The molecule has 3 aromatic rings. The summed E-state index contributed by atoms with van der Waals surface area (Å²) in [6.07, 6.45) is 14.8. The number of hydrogen-bond acceptors (Lipinski definition) is 4. The highest BCUT2D eigenvalue weighted by atomic mass is 14.8. The Morgan fingerprint density at radius 3 is 2.18 bits per heavy atom. The molecule has 0 spiro atoms. The lowest BCUT2D eigenvalue weighted by Gasteiger charge is -2.29. The van der Waals surface area contributed by atoms with Gasteiger partial charge in [0.2, 0.25) is 0 Å². The molecule has 0 N–H and O–H groups in total. The zero-order valence-electron chi connectivity index (χ0n) is 25.9. The van der Waals surface area contributed by atoms with Crippen LogP contribution in [0, 0.1) is 19.3 Å². The van der Waals surface area contributed by atoms with Crippen molar-refractivity contribution < 1.29 is 0 Å². The SMILES string of the molecule is C=C(C)CCC(C)(CCC)CCCc1cnc2ccccc2n1.CCc1cc(C)ccc1C.CN=CC=NC. The van der Waals surface area contributed by atoms with E-state index in [1.165, 1.54) is 54.4 Å². The van der Waals surface area contributed by atoms with E-state index in [9.17, 15) is 0 Å². The lowest BCUT2D eigenvalue weighted by Crippen LogP contribution is -2.17. The Bertz CT molecular complexity index is 1170. The second-order valence-corrected chi connectivity index (χ2v) is 10.8. The maximum Gasteiger partial charge on any atom is 0.0890 e. The van der Waals surface area contributed by atoms with Crippen molar-refractivity contribution in [1.29, 1.82) is 0 Å². The molecule has 1 atom stereocenters. The number of rotatable bonds is 11. The second-order valence-electron chi connectivity index (χ2n) is 10.8. The highest BCUT2D eigenvalue weighted by Gasteiger charge is 2.22. The molecule has 0 aliphatic carbocycles. The van der Waals surface area contributed by atoms with Crippen LogP contribution in [0.2, 0.25) is 0 Å². The van der Waals surface area contributed by atoms with Crippen LogP contribution in [0.15, 0.2) is 70.8 Å². The van der Waals surface area contributed by atoms with E-state index in [-0.39, 0.29) is 0 Å². The molecule has 0 radical (unpaired) electrons. The molecular weight excluding hydrogens is 476 g/mol. The van der Waals surface area contributed by atoms with Crippen molar-refractivity contribution in [2.24, 2.45) is 15.4 Å². The first-order valence-electron chi connectivity index (χ1n) is 14.4. The predicted molar refractivity (Wildman–Crippen MR) is 174 cm³/mol. The van der Waals surface area contributed by atoms with Crippen molar-refractivity contribution in [3.8, 4) is 0 Å². The smallest absolute Gasteiger partial charge is 0.0890 e. The van der Waals surface area contributed by atoms with E-state index in [2.05, 4.69) is 81.3 Å². The Hall–Kier alpha value is -3.14. The number of aromatic nitrogens is 2. The molecule has 39 heavy (non-hydrogen) atoms. The molecule has 0 aliphatic rings. The molecule has 2 aromatic carbocycles. The minimum Gasteiger partial charge on any atom is -0.295 e. The van der Waals surface area contributed by atoms with E-state index in [0.717, 1.165) is 36.0 Å². The largest absolute Gasteiger partial charge is 0.295 e. The number of aliphatic imine (C=N–C) groups is 2. The molecule has 212 valence electrons. The molecule has 0 aliphatic heterocycles. The summed E-state index contributed by atoms with van der Waals surface area (Å²) in [5.41, 5.74) is 9.07. The fourth-order valence-electron chi connectivity index (χ4n) is 4.62. The highest BCUT2D eigenvalue weighted by molar-refractivity contribution is 6.15. The van der Waals surface area contributed by atoms with Crippen LogP contribution in [0.1, 0.15) is 88.6 Å². The van der Waals surface area contributed by atoms with E-state index < -0.39 is 0 Å². The maximum atomic E-state index is 4.74. The second kappa shape index (κ2) is 19.0. The van der Waals surface area contributed by atoms with Gasteiger partial charge in [0.15, 0.2) is 0 Å². The predicted octanol–water partition coefficient (Wildman–Crippen LogP) is 9.37. The van der Waals surface area contributed by atoms with Crippen LogP contribution in [-0.4, -0.2) is 36.5 Å². The van der Waals surface area contributed by atoms with Crippen LogP contribution in [0.4, 0.5) is 0 Å². The third-order valence-electron chi connectivity index (χ3n) is 6.97. The zero-order valence-corrected chi connectivity index (χ0v) is 25.9. The number of benzene rings is 2. The Kier molecular flexibility index (Phi) is 16.5. The molecule has 1 heterocycles. The Morgan fingerprint density at radius 1 is 0.949 bits per heavy atom. The number of para-hydroxylation sites is 2. The Balaban J connectivity index is 0.000000389. The van der Waals surface area contributed by atoms with Crippen LogP contribution >= 0.6 is 0 Å². The third kappa shape index (κ3) is 14.0. The summed E-state index contributed by atoms with van der Waals surface area (Å²) in [7, 11) is 3.42. The van der Waals surface area contributed by atoms with Gasteiger partial charge in [0.1, 0.15) is 0 Å². The number of allylic oxidation sites excluding steroid dienone is 1. The van der Waals surface area contributed by atoms with Crippen LogP contribution in [-0.2, 0) is 12.8 Å². The normalized spacial score (nSPS) is 12.5. The van der Waals surface area contributed by atoms with Crippen LogP contribution in [0.5, 0.6) is 0 Å². The number of nitrogens with zero attached hydrogens (tertiary/aromatic N) is 4. The molecule has 0 amide bonds. The van der Waals surface area contributed by atoms with E-state index in [4.69, 9.17) is 4.98 Å². The molecule has 0 fully saturated rings. The van der Waals surface area contributed by atoms with Gasteiger partial charge in [0, 0.05) is 32.7 Å². The standard InChI is InChI=1S/C21H30N2.C10H14.C4H8N2/c1-5-13-21(4,15-12-17(2)3)14-8-9-18-16-22-19-10-6-7-11-20(19)23-18;1-4-10-7-8(2)5-6-9(10)3;1-5-3-4-6-2/h6-7,10-11,16H,2,5,8-9,12-15H2,1,3-4H3;5-7H,4H2,1-3H3;3-4H,1-2H3. The molecule has 4 heteroatoms. The van der Waals surface area contributed by atoms with Crippen molar-refractivity contribution in [2.75, 3.05) is 14.1 Å². The molecule has 1 aromatic heterocycles. The van der Waals surface area contributed by atoms with Gasteiger partial charge in [-0.2, -0.15) is 0 Å². The Morgan fingerprint density at radius 2 is 1.62 bits per heavy atom. The van der Waals surface area contributed by atoms with Gasteiger partial charge in [-0.3, -0.25) is 15.0 Å². The number of hydrogen-bond donors (Lipinski definition) is 0. The summed E-state index contributed by atoms with van der Waals surface area (Å²) in [4.78, 5) is 16.6. The lowest BCUT2D eigenvalue weighted by atomic mass is 9.76. The average Bonchev–Trinajstić information content (AvgIpc) is 2.93. The van der Waals surface area contributed by atoms with Crippen LogP contribution in [0.3, 0.4) is 0 Å². The van der Waals surface area contributed by atoms with Crippen LogP contribution < -0.4 is 0 Å². The summed E-state index contributed by atoms with van der Waals surface area (Å²) in [6, 6.07) is 14.7. The summed E-state index contributed by atoms with van der Waals surface area (Å²) in [6.45, 7) is 17.4. The first-order valence-corrected chi connectivity index (χ1v) is 14.4. The van der Waals surface area contributed by atoms with E-state index in [1.807, 2.05) is 30.5 Å². The van der Waals surface area contributed by atoms with E-state index in [1.54, 1.807) is 26.5 Å². The fourth-order valence-corrected chi connectivity index (χ4v) is 4.62. The van der Waals surface area contributed by atoms with Crippen molar-refractivity contribution in [2.45, 2.75) is 92.9 Å². The average molecular weight is 529 g/mol. The molecule has 4 nitrogen and oxygen atoms in total. The Labute approximate surface area is 238 Å². The summed E-state index contributed by atoms with van der Waals surface area (Å²) < 4.78 is 0. The molecule has 1 unspecified atom stereocenters. The topological polar surface area (TPSA) is 50.5 Å². The van der Waals surface area contributed by atoms with Gasteiger partial charge in [-0.15, -0.1) is 6.58 Å². The first kappa shape index (κ1) is 33.9. The summed E-state index contributed by atoms with van der Waals surface area (Å²) in [5.74, 6) is 0. The van der Waals surface area contributed by atoms with E-state index in [0.29, 0.717) is 5.41 Å². The first-order chi connectivity index (χ1) is 18.7. The monoisotopic (exact) mass is 528 g/mol. The quantitative estimate of drug-likeness (QED) is 0.184. The number of fused-ring (bicyclic) bond motifs is 1. The van der Waals surface area contributed by atoms with E-state index >= 15 is 0 Å². The van der Waals surface area contributed by atoms with Crippen molar-refractivity contribution >= 4 is 23.5 Å². The van der Waals surface area contributed by atoms with Crippen molar-refractivity contribution in [3.05, 3.63) is 83.2 Å². The van der Waals surface area contributed by atoms with Gasteiger partial charge in [0.05, 0.1) is 16.7 Å². The van der Waals surface area contributed by atoms with Gasteiger partial charge in [-0.1, -0.05) is 68.7 Å². The highest BCUT2D eigenvalue weighted by Crippen LogP contribution is 2.35. The molecule has 3 rings (SSSR count). The fraction of sp³-hybridized carbons (Fsp3) is 0.486. The van der Waals surface area contributed by atoms with Gasteiger partial charge in [-0.05, 0) is 94.4 Å². The molecule has 0 bridgehead atoms. The minimum absolute atomic E-state index is 0.429. The summed E-state index contributed by atoms with van der Waals surface area (Å²) in [5, 5.41) is 0. The van der Waals surface area contributed by atoms with Crippen LogP contribution in [0.25, 0.3) is 11.0 Å². The minimum atomic E-state index is 0.429. The summed E-state index contributed by atoms with van der Waals surface area (Å²) >= 11 is 0. The van der Waals surface area contributed by atoms with Gasteiger partial charge in [-0.25, -0.2) is 4.98 Å². The number of aryl methyl sites for hydroxylation is 4. The molecular formula is C35H52N4. The molecule has 0 saturated carbocycles. The van der Waals surface area contributed by atoms with Crippen molar-refractivity contribution in [1.82, 2.24) is 9.97 Å².